The lowest BCUT2D eigenvalue weighted by molar-refractivity contribution is 0.113. The third-order valence-corrected chi connectivity index (χ3v) is 3.86. The number of nitrogens with two attached hydrogens (primary N) is 1. The molecule has 0 spiro atoms. The van der Waals surface area contributed by atoms with E-state index in [2.05, 4.69) is 31.1 Å². The summed E-state index contributed by atoms with van der Waals surface area (Å²) in [5, 5.41) is 3.23. The van der Waals surface area contributed by atoms with Gasteiger partial charge in [-0.05, 0) is 57.8 Å². The summed E-state index contributed by atoms with van der Waals surface area (Å²) in [4.78, 5) is 4.55. The van der Waals surface area contributed by atoms with Crippen molar-refractivity contribution in [3.05, 3.63) is 0 Å². The van der Waals surface area contributed by atoms with Gasteiger partial charge < -0.3 is 11.1 Å². The van der Waals surface area contributed by atoms with E-state index in [-0.39, 0.29) is 29.5 Å². The molecule has 0 aromatic heterocycles. The minimum atomic E-state index is 0. The first-order valence-corrected chi connectivity index (χ1v) is 6.49. The molecule has 3 N–H and O–H groups in total. The Morgan fingerprint density at radius 1 is 1.35 bits per heavy atom. The number of guanidine groups is 1. The highest BCUT2D eigenvalue weighted by molar-refractivity contribution is 14.0. The van der Waals surface area contributed by atoms with Crippen LogP contribution in [-0.2, 0) is 0 Å². The molecule has 2 rings (SSSR count). The summed E-state index contributed by atoms with van der Waals surface area (Å²) < 4.78 is 0. The molecule has 2 aliphatic rings. The molecule has 0 amide bonds. The van der Waals surface area contributed by atoms with Crippen LogP contribution < -0.4 is 11.1 Å². The fourth-order valence-electron chi connectivity index (χ4n) is 2.69. The van der Waals surface area contributed by atoms with Gasteiger partial charge in [-0.3, -0.25) is 4.99 Å². The highest BCUT2D eigenvalue weighted by Gasteiger charge is 2.48. The molecule has 0 bridgehead atoms. The number of hydrogen-bond acceptors (Lipinski definition) is 1. The van der Waals surface area contributed by atoms with Crippen LogP contribution >= 0.6 is 24.0 Å². The van der Waals surface area contributed by atoms with Crippen molar-refractivity contribution < 1.29 is 0 Å². The van der Waals surface area contributed by atoms with Crippen LogP contribution in [0.4, 0.5) is 0 Å². The van der Waals surface area contributed by atoms with E-state index in [4.69, 9.17) is 5.73 Å². The molecule has 0 radical (unpaired) electrons. The summed E-state index contributed by atoms with van der Waals surface area (Å²) in [5.74, 6) is 1.56. The maximum Gasteiger partial charge on any atom is 0.189 e. The van der Waals surface area contributed by atoms with Crippen molar-refractivity contribution in [2.45, 2.75) is 58.4 Å². The Hall–Kier alpha value is 0. The lowest BCUT2D eigenvalue weighted by Gasteiger charge is -2.41. The predicted molar refractivity (Wildman–Crippen MR) is 83.8 cm³/mol. The van der Waals surface area contributed by atoms with Gasteiger partial charge >= 0.3 is 0 Å². The zero-order valence-corrected chi connectivity index (χ0v) is 13.6. The normalized spacial score (nSPS) is 23.6. The highest BCUT2D eigenvalue weighted by Crippen LogP contribution is 2.57. The van der Waals surface area contributed by atoms with E-state index < -0.39 is 0 Å². The summed E-state index contributed by atoms with van der Waals surface area (Å²) in [6.45, 7) is 7.26. The summed E-state index contributed by atoms with van der Waals surface area (Å²) in [7, 11) is 0. The van der Waals surface area contributed by atoms with Crippen molar-refractivity contribution in [1.82, 2.24) is 5.32 Å². The van der Waals surface area contributed by atoms with Crippen molar-refractivity contribution in [1.29, 1.82) is 0 Å². The lowest BCUT2D eigenvalue weighted by atomic mass is 9.65. The average Bonchev–Trinajstić information content (AvgIpc) is 2.82. The van der Waals surface area contributed by atoms with Gasteiger partial charge in [0.2, 0.25) is 0 Å². The van der Waals surface area contributed by atoms with E-state index in [0.29, 0.717) is 11.4 Å². The van der Waals surface area contributed by atoms with Gasteiger partial charge in [-0.2, -0.15) is 0 Å². The topological polar surface area (TPSA) is 50.4 Å². The van der Waals surface area contributed by atoms with Crippen molar-refractivity contribution in [3.63, 3.8) is 0 Å². The van der Waals surface area contributed by atoms with Crippen LogP contribution in [0.25, 0.3) is 0 Å². The van der Waals surface area contributed by atoms with E-state index in [1.54, 1.807) is 0 Å². The number of nitrogens with zero attached hydrogens (tertiary/aromatic N) is 1. The molecule has 2 fully saturated rings. The van der Waals surface area contributed by atoms with Crippen molar-refractivity contribution in [2.24, 2.45) is 22.1 Å². The van der Waals surface area contributed by atoms with Crippen LogP contribution in [0.2, 0.25) is 0 Å². The maximum absolute atomic E-state index is 5.91. The summed E-state index contributed by atoms with van der Waals surface area (Å²) >= 11 is 0. The monoisotopic (exact) mass is 351 g/mol. The molecule has 2 aliphatic carbocycles. The predicted octanol–water partition coefficient (Wildman–Crippen LogP) is 2.89. The molecule has 0 aromatic rings. The molecule has 0 atom stereocenters. The first-order chi connectivity index (χ1) is 7.41. The summed E-state index contributed by atoms with van der Waals surface area (Å²) in [5.41, 5.74) is 6.45. The molecular formula is C13H26IN3. The molecule has 0 saturated heterocycles. The Bertz CT molecular complexity index is 286. The number of hydrogen-bond donors (Lipinski definition) is 2. The highest BCUT2D eigenvalue weighted by atomic mass is 127. The summed E-state index contributed by atoms with van der Waals surface area (Å²) in [6.07, 6.45) is 6.96. The van der Waals surface area contributed by atoms with Gasteiger partial charge in [0.25, 0.3) is 0 Å². The van der Waals surface area contributed by atoms with Crippen LogP contribution in [-0.4, -0.2) is 18.0 Å². The third kappa shape index (κ3) is 4.00. The van der Waals surface area contributed by atoms with Gasteiger partial charge in [-0.25, -0.2) is 0 Å². The van der Waals surface area contributed by atoms with Crippen LogP contribution in [0.1, 0.15) is 52.9 Å². The largest absolute Gasteiger partial charge is 0.370 e. The lowest BCUT2D eigenvalue weighted by Crippen LogP contribution is -2.46. The molecule has 0 heterocycles. The Labute approximate surface area is 122 Å². The van der Waals surface area contributed by atoms with Crippen molar-refractivity contribution >= 4 is 29.9 Å². The fourth-order valence-corrected chi connectivity index (χ4v) is 2.69. The number of nitrogens with one attached hydrogen (secondary N) is 1. The van der Waals surface area contributed by atoms with Gasteiger partial charge in [-0.1, -0.05) is 6.42 Å². The van der Waals surface area contributed by atoms with Crippen molar-refractivity contribution in [3.8, 4) is 0 Å². The zero-order chi connectivity index (χ0) is 11.8. The molecule has 0 unspecified atom stereocenters. The maximum atomic E-state index is 5.91. The van der Waals surface area contributed by atoms with Crippen molar-refractivity contribution in [2.75, 3.05) is 6.54 Å². The fraction of sp³-hybridized carbons (Fsp3) is 0.923. The number of rotatable bonds is 3. The molecule has 0 aromatic carbocycles. The second-order valence-corrected chi connectivity index (χ2v) is 6.57. The summed E-state index contributed by atoms with van der Waals surface area (Å²) in [6, 6.07) is 0. The first-order valence-electron chi connectivity index (χ1n) is 6.49. The molecule has 100 valence electrons. The Balaban J connectivity index is 0.00000144. The third-order valence-electron chi connectivity index (χ3n) is 3.86. The SMILES string of the molecule is CC(C)(C)NC(N)=NCC1(C2CC2)CCC1.I. The first kappa shape index (κ1) is 15.1. The second-order valence-electron chi connectivity index (χ2n) is 6.57. The Morgan fingerprint density at radius 2 is 1.94 bits per heavy atom. The molecule has 2 saturated carbocycles. The molecule has 4 heteroatoms. The number of aliphatic imine (C=N–C) groups is 1. The minimum absolute atomic E-state index is 0. The average molecular weight is 351 g/mol. The Kier molecular flexibility index (Phi) is 4.72. The van der Waals surface area contributed by atoms with E-state index in [0.717, 1.165) is 12.5 Å². The minimum Gasteiger partial charge on any atom is -0.370 e. The van der Waals surface area contributed by atoms with Gasteiger partial charge in [0, 0.05) is 12.1 Å². The molecular weight excluding hydrogens is 325 g/mol. The van der Waals surface area contributed by atoms with E-state index in [1.807, 2.05) is 0 Å². The molecule has 3 nitrogen and oxygen atoms in total. The van der Waals surface area contributed by atoms with Gasteiger partial charge in [-0.15, -0.1) is 24.0 Å². The van der Waals surface area contributed by atoms with Crippen LogP contribution in [0, 0.1) is 11.3 Å². The van der Waals surface area contributed by atoms with Crippen LogP contribution in [0.5, 0.6) is 0 Å². The number of halogens is 1. The van der Waals surface area contributed by atoms with Gasteiger partial charge in [0.05, 0.1) is 0 Å². The second kappa shape index (κ2) is 5.33. The zero-order valence-electron chi connectivity index (χ0n) is 11.3. The molecule has 17 heavy (non-hydrogen) atoms. The van der Waals surface area contributed by atoms with Crippen LogP contribution in [0.15, 0.2) is 4.99 Å². The molecule has 0 aliphatic heterocycles. The van der Waals surface area contributed by atoms with E-state index in [1.165, 1.54) is 32.1 Å². The van der Waals surface area contributed by atoms with Crippen LogP contribution in [0.3, 0.4) is 0 Å². The van der Waals surface area contributed by atoms with Gasteiger partial charge in [0.15, 0.2) is 5.96 Å². The standard InChI is InChI=1S/C13H25N3.HI/c1-12(2,3)16-11(14)15-9-13(7-4-8-13)10-5-6-10;/h10H,4-9H2,1-3H3,(H3,14,15,16);1H. The Morgan fingerprint density at radius 3 is 2.29 bits per heavy atom. The van der Waals surface area contributed by atoms with E-state index in [9.17, 15) is 0 Å². The quantitative estimate of drug-likeness (QED) is 0.467. The smallest absolute Gasteiger partial charge is 0.189 e. The van der Waals surface area contributed by atoms with Gasteiger partial charge in [0.1, 0.15) is 0 Å². The van der Waals surface area contributed by atoms with E-state index >= 15 is 0 Å².